The van der Waals surface area contributed by atoms with E-state index in [1.165, 1.54) is 36.4 Å². The van der Waals surface area contributed by atoms with Gasteiger partial charge >= 0.3 is 0 Å². The quantitative estimate of drug-likeness (QED) is 0.255. The van der Waals surface area contributed by atoms with Crippen molar-refractivity contribution in [2.24, 2.45) is 0 Å². The van der Waals surface area contributed by atoms with Crippen molar-refractivity contribution in [3.63, 3.8) is 0 Å². The lowest BCUT2D eigenvalue weighted by molar-refractivity contribution is -0.128. The second-order valence-corrected chi connectivity index (χ2v) is 10.1. The lowest BCUT2D eigenvalue weighted by Crippen LogP contribution is -2.53. The summed E-state index contributed by atoms with van der Waals surface area (Å²) < 4.78 is 40.4. The predicted molar refractivity (Wildman–Crippen MR) is 148 cm³/mol. The number of likely N-dealkylation sites (tertiary alicyclic amines) is 1. The fourth-order valence-electron chi connectivity index (χ4n) is 4.97. The molecule has 0 bridgehead atoms. The zero-order chi connectivity index (χ0) is 28.3. The van der Waals surface area contributed by atoms with Crippen molar-refractivity contribution in [2.45, 2.75) is 18.3 Å². The molecule has 40 heavy (non-hydrogen) atoms. The Bertz CT molecular complexity index is 1520. The fraction of sp³-hybridized carbons (Fsp3) is 0.161. The largest absolute Gasteiger partial charge is 0.339 e. The van der Waals surface area contributed by atoms with Gasteiger partial charge in [0.2, 0.25) is 5.91 Å². The monoisotopic (exact) mass is 563 g/mol. The van der Waals surface area contributed by atoms with Gasteiger partial charge in [-0.05, 0) is 84.1 Å². The number of nitrogens with one attached hydrogen (secondary N) is 2. The maximum atomic E-state index is 13.7. The average Bonchev–Trinajstić information content (AvgIpc) is 2.97. The maximum absolute atomic E-state index is 13.7. The molecule has 4 aromatic rings. The Morgan fingerprint density at radius 1 is 0.725 bits per heavy atom. The van der Waals surface area contributed by atoms with Crippen LogP contribution >= 0.6 is 11.6 Å². The third-order valence-electron chi connectivity index (χ3n) is 7.29. The minimum absolute atomic E-state index is 0.0991. The van der Waals surface area contributed by atoms with Gasteiger partial charge in [0.25, 0.3) is 5.91 Å². The van der Waals surface area contributed by atoms with Crippen LogP contribution in [0.15, 0.2) is 91.0 Å². The second kappa shape index (κ2) is 11.4. The van der Waals surface area contributed by atoms with E-state index in [0.717, 1.165) is 17.2 Å². The molecule has 0 spiro atoms. The topological polar surface area (TPSA) is 61.4 Å². The highest BCUT2D eigenvalue weighted by Crippen LogP contribution is 2.37. The Labute approximate surface area is 234 Å². The van der Waals surface area contributed by atoms with E-state index in [1.807, 2.05) is 12.1 Å². The molecule has 4 aromatic carbocycles. The molecule has 9 heteroatoms. The van der Waals surface area contributed by atoms with Crippen molar-refractivity contribution in [1.29, 1.82) is 0 Å². The number of amides is 2. The van der Waals surface area contributed by atoms with Gasteiger partial charge in [-0.3, -0.25) is 20.4 Å². The molecule has 1 fully saturated rings. The summed E-state index contributed by atoms with van der Waals surface area (Å²) in [6, 6.07) is 22.7. The Morgan fingerprint density at radius 2 is 1.25 bits per heavy atom. The number of benzene rings is 4. The standard InChI is InChI=1S/C31H25ClF3N3O2/c32-27-19-26(35)13-14-28(27)36-37-30(40)31(23-7-11-25(34)12-8-23)15-17-38(18-16-31)29(39)22-3-1-20(2-4-22)21-5-9-24(33)10-6-21/h1-14,19,36H,15-18H2,(H,37,40). The van der Waals surface area contributed by atoms with E-state index < -0.39 is 17.0 Å². The van der Waals surface area contributed by atoms with Crippen LogP contribution in [0.2, 0.25) is 5.02 Å². The summed E-state index contributed by atoms with van der Waals surface area (Å²) >= 11 is 6.08. The first-order chi connectivity index (χ1) is 19.2. The number of hydrazine groups is 1. The summed E-state index contributed by atoms with van der Waals surface area (Å²) in [6.45, 7) is 0.585. The number of halogens is 4. The van der Waals surface area contributed by atoms with E-state index >= 15 is 0 Å². The van der Waals surface area contributed by atoms with Gasteiger partial charge in [0.05, 0.1) is 16.1 Å². The Hall–Kier alpha value is -4.30. The zero-order valence-corrected chi connectivity index (χ0v) is 22.0. The van der Waals surface area contributed by atoms with Crippen LogP contribution in [0.3, 0.4) is 0 Å². The van der Waals surface area contributed by atoms with E-state index in [2.05, 4.69) is 10.9 Å². The minimum atomic E-state index is -1.05. The number of nitrogens with zero attached hydrogens (tertiary/aromatic N) is 1. The highest BCUT2D eigenvalue weighted by atomic mass is 35.5. The van der Waals surface area contributed by atoms with E-state index in [0.29, 0.717) is 42.7 Å². The molecule has 0 atom stereocenters. The van der Waals surface area contributed by atoms with Gasteiger partial charge in [-0.2, -0.15) is 0 Å². The molecule has 2 amide bonds. The summed E-state index contributed by atoms with van der Waals surface area (Å²) in [5.74, 6) is -1.80. The molecule has 0 saturated carbocycles. The lowest BCUT2D eigenvalue weighted by Gasteiger charge is -2.41. The van der Waals surface area contributed by atoms with Gasteiger partial charge in [0.15, 0.2) is 0 Å². The van der Waals surface area contributed by atoms with Crippen molar-refractivity contribution in [1.82, 2.24) is 10.3 Å². The van der Waals surface area contributed by atoms with Crippen LogP contribution in [-0.2, 0) is 10.2 Å². The van der Waals surface area contributed by atoms with Gasteiger partial charge in [0.1, 0.15) is 17.5 Å². The number of piperidine rings is 1. The molecule has 0 radical (unpaired) electrons. The molecular weight excluding hydrogens is 539 g/mol. The molecule has 1 aliphatic heterocycles. The van der Waals surface area contributed by atoms with Crippen molar-refractivity contribution in [3.05, 3.63) is 125 Å². The average molecular weight is 564 g/mol. The molecule has 2 N–H and O–H groups in total. The summed E-state index contributed by atoms with van der Waals surface area (Å²) in [7, 11) is 0. The van der Waals surface area contributed by atoms with Gasteiger partial charge in [-0.25, -0.2) is 13.2 Å². The highest BCUT2D eigenvalue weighted by molar-refractivity contribution is 6.33. The Kier molecular flexibility index (Phi) is 7.80. The van der Waals surface area contributed by atoms with Crippen LogP contribution in [-0.4, -0.2) is 29.8 Å². The Balaban J connectivity index is 1.31. The normalized spacial score (nSPS) is 14.4. The van der Waals surface area contributed by atoms with Gasteiger partial charge in [-0.15, -0.1) is 0 Å². The zero-order valence-electron chi connectivity index (χ0n) is 21.3. The number of carbonyl (C=O) groups is 2. The van der Waals surface area contributed by atoms with Crippen LogP contribution in [0, 0.1) is 17.5 Å². The molecule has 5 rings (SSSR count). The minimum Gasteiger partial charge on any atom is -0.339 e. The van der Waals surface area contributed by atoms with Crippen LogP contribution in [0.1, 0.15) is 28.8 Å². The number of hydrogen-bond acceptors (Lipinski definition) is 3. The number of carbonyl (C=O) groups excluding carboxylic acids is 2. The predicted octanol–water partition coefficient (Wildman–Crippen LogP) is 6.74. The molecule has 0 unspecified atom stereocenters. The summed E-state index contributed by atoms with van der Waals surface area (Å²) in [5, 5.41) is 0.0991. The van der Waals surface area contributed by atoms with Crippen LogP contribution in [0.25, 0.3) is 11.1 Å². The van der Waals surface area contributed by atoms with E-state index in [-0.39, 0.29) is 22.7 Å². The number of rotatable bonds is 6. The molecule has 1 saturated heterocycles. The van der Waals surface area contributed by atoms with Crippen LogP contribution < -0.4 is 10.9 Å². The second-order valence-electron chi connectivity index (χ2n) is 9.67. The van der Waals surface area contributed by atoms with Crippen LogP contribution in [0.5, 0.6) is 0 Å². The third kappa shape index (κ3) is 5.67. The smallest absolute Gasteiger partial charge is 0.253 e. The van der Waals surface area contributed by atoms with Crippen molar-refractivity contribution < 1.29 is 22.8 Å². The molecule has 1 aliphatic rings. The first kappa shape index (κ1) is 27.3. The van der Waals surface area contributed by atoms with Crippen molar-refractivity contribution in [3.8, 4) is 11.1 Å². The lowest BCUT2D eigenvalue weighted by atomic mass is 9.72. The van der Waals surface area contributed by atoms with E-state index in [9.17, 15) is 22.8 Å². The molecule has 5 nitrogen and oxygen atoms in total. The number of hydrogen-bond donors (Lipinski definition) is 2. The molecular formula is C31H25ClF3N3O2. The van der Waals surface area contributed by atoms with Crippen LogP contribution in [0.4, 0.5) is 18.9 Å². The molecule has 1 heterocycles. The highest BCUT2D eigenvalue weighted by Gasteiger charge is 2.44. The van der Waals surface area contributed by atoms with Gasteiger partial charge in [-0.1, -0.05) is 48.0 Å². The first-order valence-electron chi connectivity index (χ1n) is 12.7. The number of anilines is 1. The van der Waals surface area contributed by atoms with Crippen molar-refractivity contribution >= 4 is 29.1 Å². The van der Waals surface area contributed by atoms with Gasteiger partial charge in [0, 0.05) is 18.7 Å². The first-order valence-corrected chi connectivity index (χ1v) is 13.1. The summed E-state index contributed by atoms with van der Waals surface area (Å²) in [6.07, 6.45) is 0.589. The SMILES string of the molecule is O=C(c1ccc(-c2ccc(F)cc2)cc1)N1CCC(C(=O)NNc2ccc(F)cc2Cl)(c2ccc(F)cc2)CC1. The molecule has 0 aromatic heterocycles. The third-order valence-corrected chi connectivity index (χ3v) is 7.60. The van der Waals surface area contributed by atoms with E-state index in [1.54, 1.807) is 41.3 Å². The van der Waals surface area contributed by atoms with Gasteiger partial charge < -0.3 is 4.90 Å². The molecule has 204 valence electrons. The summed E-state index contributed by atoms with van der Waals surface area (Å²) in [5.41, 5.74) is 7.51. The van der Waals surface area contributed by atoms with E-state index in [4.69, 9.17) is 11.6 Å². The Morgan fingerprint density at radius 3 is 1.82 bits per heavy atom. The van der Waals surface area contributed by atoms with Crippen molar-refractivity contribution in [2.75, 3.05) is 18.5 Å². The maximum Gasteiger partial charge on any atom is 0.253 e. The summed E-state index contributed by atoms with van der Waals surface area (Å²) in [4.78, 5) is 28.6. The fourth-order valence-corrected chi connectivity index (χ4v) is 5.19. The molecule has 0 aliphatic carbocycles.